The number of nitrogens with zero attached hydrogens (tertiary/aromatic N) is 3. The van der Waals surface area contributed by atoms with Gasteiger partial charge in [0.25, 0.3) is 15.1 Å². The second kappa shape index (κ2) is 9.60. The van der Waals surface area contributed by atoms with E-state index >= 15 is 0 Å². The molecule has 0 aliphatic rings. The number of aryl methyl sites for hydroxylation is 2. The Labute approximate surface area is 185 Å². The number of carbonyl (C=O) groups excluding carboxylic acids is 1. The van der Waals surface area contributed by atoms with E-state index in [1.54, 1.807) is 16.8 Å². The maximum absolute atomic E-state index is 12.5. The molecule has 32 heavy (non-hydrogen) atoms. The van der Waals surface area contributed by atoms with Crippen molar-refractivity contribution in [1.82, 2.24) is 14.5 Å². The minimum Gasteiger partial charge on any atom is -0.314 e. The first kappa shape index (κ1) is 22.9. The smallest absolute Gasteiger partial charge is 0.294 e. The Morgan fingerprint density at radius 2 is 1.78 bits per heavy atom. The van der Waals surface area contributed by atoms with E-state index in [4.69, 9.17) is 0 Å². The highest BCUT2D eigenvalue weighted by atomic mass is 32.2. The van der Waals surface area contributed by atoms with Gasteiger partial charge in [-0.25, -0.2) is 17.8 Å². The molecule has 168 valence electrons. The summed E-state index contributed by atoms with van der Waals surface area (Å²) in [6, 6.07) is 15.9. The second-order valence-electron chi connectivity index (χ2n) is 7.13. The Morgan fingerprint density at radius 3 is 2.41 bits per heavy atom. The second-order valence-corrected chi connectivity index (χ2v) is 8.81. The number of nitrogens with one attached hydrogen (secondary N) is 1. The zero-order valence-electron chi connectivity index (χ0n) is 17.5. The lowest BCUT2D eigenvalue weighted by molar-refractivity contribution is -0.757. The number of benzene rings is 2. The molecule has 1 amide bonds. The first-order valence-corrected chi connectivity index (χ1v) is 11.2. The van der Waals surface area contributed by atoms with Crippen LogP contribution in [0.4, 0.5) is 0 Å². The molecule has 2 aromatic carbocycles. The number of amides is 1. The molecule has 1 aromatic heterocycles. The Balaban J connectivity index is 1.74. The minimum atomic E-state index is -4.08. The first-order valence-electron chi connectivity index (χ1n) is 9.73. The zero-order valence-corrected chi connectivity index (χ0v) is 18.3. The Morgan fingerprint density at radius 1 is 1.12 bits per heavy atom. The Hall–Kier alpha value is -3.73. The molecule has 3 aromatic rings. The molecular weight excluding hydrogens is 436 g/mol. The third kappa shape index (κ3) is 5.70. The third-order valence-electron chi connectivity index (χ3n) is 4.56. The van der Waals surface area contributed by atoms with Crippen LogP contribution in [0.1, 0.15) is 24.1 Å². The van der Waals surface area contributed by atoms with Crippen molar-refractivity contribution in [2.75, 3.05) is 6.61 Å². The number of sulfonamides is 1. The fourth-order valence-corrected chi connectivity index (χ4v) is 4.04. The quantitative estimate of drug-likeness (QED) is 0.296. The average molecular weight is 458 g/mol. The zero-order chi connectivity index (χ0) is 23.3. The summed E-state index contributed by atoms with van der Waals surface area (Å²) < 4.78 is 28.6. The molecule has 10 nitrogen and oxygen atoms in total. The number of aromatic nitrogens is 2. The number of carbonyl (C=O) groups is 1. The van der Waals surface area contributed by atoms with Gasteiger partial charge in [-0.2, -0.15) is 5.10 Å². The largest absolute Gasteiger partial charge is 0.314 e. The van der Waals surface area contributed by atoms with Crippen LogP contribution in [0.15, 0.2) is 59.5 Å². The Kier molecular flexibility index (Phi) is 6.89. The molecule has 0 aliphatic heterocycles. The topological polar surface area (TPSA) is 133 Å². The van der Waals surface area contributed by atoms with Crippen molar-refractivity contribution in [2.45, 2.75) is 31.6 Å². The van der Waals surface area contributed by atoms with Gasteiger partial charge in [-0.05, 0) is 50.6 Å². The van der Waals surface area contributed by atoms with Crippen LogP contribution in [-0.4, -0.2) is 35.8 Å². The van der Waals surface area contributed by atoms with E-state index in [0.717, 1.165) is 22.5 Å². The molecule has 0 bridgehead atoms. The molecule has 0 spiro atoms. The number of rotatable bonds is 9. The highest BCUT2D eigenvalue weighted by Crippen LogP contribution is 2.25. The predicted molar refractivity (Wildman–Crippen MR) is 116 cm³/mol. The molecule has 1 N–H and O–H groups in total. The van der Waals surface area contributed by atoms with E-state index in [1.165, 1.54) is 12.1 Å². The summed E-state index contributed by atoms with van der Waals surface area (Å²) in [5.41, 5.74) is 4.45. The molecular formula is C21H22N4O6S. The monoisotopic (exact) mass is 458 g/mol. The molecule has 0 saturated heterocycles. The molecule has 0 fully saturated rings. The van der Waals surface area contributed by atoms with E-state index in [0.29, 0.717) is 5.69 Å². The van der Waals surface area contributed by atoms with Gasteiger partial charge in [-0.1, -0.05) is 29.8 Å². The van der Waals surface area contributed by atoms with Gasteiger partial charge in [-0.3, -0.25) is 4.79 Å². The van der Waals surface area contributed by atoms with Gasteiger partial charge >= 0.3 is 0 Å². The van der Waals surface area contributed by atoms with Crippen LogP contribution < -0.4 is 4.72 Å². The van der Waals surface area contributed by atoms with Crippen LogP contribution in [-0.2, 0) is 19.7 Å². The summed E-state index contributed by atoms with van der Waals surface area (Å²) in [4.78, 5) is 26.0. The lowest BCUT2D eigenvalue weighted by Gasteiger charge is -2.10. The van der Waals surface area contributed by atoms with Crippen molar-refractivity contribution < 1.29 is 23.1 Å². The van der Waals surface area contributed by atoms with E-state index in [2.05, 4.69) is 9.94 Å². The van der Waals surface area contributed by atoms with Crippen LogP contribution in [0.3, 0.4) is 0 Å². The van der Waals surface area contributed by atoms with Crippen molar-refractivity contribution in [3.05, 3.63) is 76.0 Å². The lowest BCUT2D eigenvalue weighted by Crippen LogP contribution is -2.30. The van der Waals surface area contributed by atoms with Gasteiger partial charge in [0, 0.05) is 12.0 Å². The maximum Gasteiger partial charge on any atom is 0.294 e. The Bertz CT molecular complexity index is 1220. The fourth-order valence-electron chi connectivity index (χ4n) is 3.02. The third-order valence-corrected chi connectivity index (χ3v) is 5.95. The molecule has 3 rings (SSSR count). The highest BCUT2D eigenvalue weighted by molar-refractivity contribution is 7.90. The molecule has 0 aliphatic carbocycles. The molecule has 0 atom stereocenters. The van der Waals surface area contributed by atoms with Gasteiger partial charge in [0.2, 0.25) is 5.91 Å². The summed E-state index contributed by atoms with van der Waals surface area (Å²) in [6.45, 7) is 3.59. The number of hydrogen-bond acceptors (Lipinski definition) is 7. The van der Waals surface area contributed by atoms with Gasteiger partial charge in [0.15, 0.2) is 0 Å². The number of hydrogen-bond donors (Lipinski definition) is 1. The maximum atomic E-state index is 12.5. The summed E-state index contributed by atoms with van der Waals surface area (Å²) in [7, 11) is -4.08. The fraction of sp³-hybridized carbons (Fsp3) is 0.238. The van der Waals surface area contributed by atoms with E-state index in [9.17, 15) is 23.3 Å². The van der Waals surface area contributed by atoms with Crippen molar-refractivity contribution in [2.24, 2.45) is 0 Å². The molecule has 0 saturated carbocycles. The van der Waals surface area contributed by atoms with Crippen LogP contribution >= 0.6 is 0 Å². The molecule has 0 unspecified atom stereocenters. The predicted octanol–water partition coefficient (Wildman–Crippen LogP) is 2.95. The van der Waals surface area contributed by atoms with Crippen molar-refractivity contribution in [3.63, 3.8) is 0 Å². The van der Waals surface area contributed by atoms with Crippen LogP contribution in [0.25, 0.3) is 16.9 Å². The summed E-state index contributed by atoms with van der Waals surface area (Å²) in [5.74, 6) is -0.773. The molecule has 0 radical (unpaired) electrons. The molecule has 1 heterocycles. The summed E-state index contributed by atoms with van der Waals surface area (Å²) >= 11 is 0. The SMILES string of the molecule is Cc1ccc(-c2cc(C)nn2-c2ccc(S(=O)(=O)NC(=O)CCCO[N+](=O)[O-])cc2)cc1. The molecule has 11 heteroatoms. The average Bonchev–Trinajstić information content (AvgIpc) is 3.13. The highest BCUT2D eigenvalue weighted by Gasteiger charge is 2.18. The minimum absolute atomic E-state index is 0.0156. The standard InChI is InChI=1S/C21H22N4O6S/c1-15-5-7-17(8-6-15)20-14-16(2)22-24(20)18-9-11-19(12-10-18)32(29,30)23-21(26)4-3-13-31-25(27)28/h5-12,14H,3-4,13H2,1-2H3,(H,23,26). The van der Waals surface area contributed by atoms with Gasteiger partial charge in [0.05, 0.1) is 28.6 Å². The van der Waals surface area contributed by atoms with Gasteiger partial charge in [-0.15, -0.1) is 10.1 Å². The van der Waals surface area contributed by atoms with Gasteiger partial charge in [0.1, 0.15) is 0 Å². The van der Waals surface area contributed by atoms with E-state index in [-0.39, 0.29) is 24.3 Å². The van der Waals surface area contributed by atoms with Crippen molar-refractivity contribution in [3.8, 4) is 16.9 Å². The van der Waals surface area contributed by atoms with Crippen molar-refractivity contribution >= 4 is 15.9 Å². The summed E-state index contributed by atoms with van der Waals surface area (Å²) in [6.07, 6.45) is -0.209. The lowest BCUT2D eigenvalue weighted by atomic mass is 10.1. The summed E-state index contributed by atoms with van der Waals surface area (Å²) in [5, 5.41) is 13.6. The van der Waals surface area contributed by atoms with Crippen LogP contribution in [0, 0.1) is 24.0 Å². The normalized spacial score (nSPS) is 11.2. The van der Waals surface area contributed by atoms with Crippen LogP contribution in [0.2, 0.25) is 0 Å². The van der Waals surface area contributed by atoms with E-state index in [1.807, 2.05) is 48.9 Å². The first-order chi connectivity index (χ1) is 15.2. The van der Waals surface area contributed by atoms with Crippen LogP contribution in [0.5, 0.6) is 0 Å². The van der Waals surface area contributed by atoms with Crippen molar-refractivity contribution in [1.29, 1.82) is 0 Å². The van der Waals surface area contributed by atoms with Gasteiger partial charge < -0.3 is 4.84 Å². The van der Waals surface area contributed by atoms with E-state index < -0.39 is 21.0 Å².